The van der Waals surface area contributed by atoms with Crippen molar-refractivity contribution in [1.29, 1.82) is 0 Å². The number of fused-ring (bicyclic) bond motifs is 4. The number of aliphatic hydroxyl groups excluding tert-OH is 9. The number of Topliss-reactive ketones (excluding diaryl/α,β-unsaturated/α-hetero) is 1. The Hall–Kier alpha value is -1.23. The molecule has 5 aliphatic heterocycles. The zero-order chi connectivity index (χ0) is 57.7. The predicted octanol–water partition coefficient (Wildman–Crippen LogP) is -4.11. The van der Waals surface area contributed by atoms with Gasteiger partial charge in [-0.1, -0.05) is 44.9 Å². The Morgan fingerprint density at radius 1 is 0.762 bits per heavy atom. The van der Waals surface area contributed by atoms with Gasteiger partial charge < -0.3 is 97.9 Å². The van der Waals surface area contributed by atoms with E-state index in [1.54, 1.807) is 0 Å². The third-order valence-corrected chi connectivity index (χ3v) is 20.2. The van der Waals surface area contributed by atoms with Crippen LogP contribution in [0.25, 0.3) is 0 Å². The number of carbonyl (C=O) groups excluding carboxylic acids is 2. The summed E-state index contributed by atoms with van der Waals surface area (Å²) < 4.78 is 99.2. The van der Waals surface area contributed by atoms with Crippen LogP contribution < -0.4 is 29.6 Å². The Labute approximate surface area is 487 Å². The van der Waals surface area contributed by atoms with Crippen LogP contribution in [0.15, 0.2) is 23.8 Å². The molecule has 8 fully saturated rings. The Bertz CT molecular complexity index is 2400. The molecule has 0 aromatic carbocycles. The molecule has 27 heteroatoms. The van der Waals surface area contributed by atoms with Crippen LogP contribution in [-0.4, -0.2) is 227 Å². The Morgan fingerprint density at radius 2 is 1.39 bits per heavy atom. The van der Waals surface area contributed by atoms with Gasteiger partial charge in [0, 0.05) is 18.9 Å². The number of allylic oxidation sites excluding steroid dienone is 3. The molecule has 0 unspecified atom stereocenters. The van der Waals surface area contributed by atoms with Crippen LogP contribution in [0.4, 0.5) is 0 Å². The molecule has 3 saturated carbocycles. The molecule has 9 rings (SSSR count). The summed E-state index contributed by atoms with van der Waals surface area (Å²) in [6.07, 6.45) is -24.3. The maximum atomic E-state index is 14.4. The fourth-order valence-corrected chi connectivity index (χ4v) is 16.3. The molecule has 0 aromatic rings. The van der Waals surface area contributed by atoms with E-state index < -0.39 is 181 Å². The van der Waals surface area contributed by atoms with Crippen molar-refractivity contribution < 1.29 is 150 Å². The van der Waals surface area contributed by atoms with E-state index in [4.69, 9.17) is 47.4 Å². The molecule has 0 aromatic heterocycles. The van der Waals surface area contributed by atoms with Gasteiger partial charge in [-0.15, -0.1) is 6.58 Å². The molecule has 1 spiro atoms. The van der Waals surface area contributed by atoms with E-state index in [0.29, 0.717) is 38.5 Å². The number of esters is 1. The summed E-state index contributed by atoms with van der Waals surface area (Å²) in [5.41, 5.74) is -1.52. The summed E-state index contributed by atoms with van der Waals surface area (Å²) in [7, 11) is -4.25. The summed E-state index contributed by atoms with van der Waals surface area (Å²) in [5, 5.41) is 98.8. The van der Waals surface area contributed by atoms with Crippen LogP contribution in [0.3, 0.4) is 0 Å². The molecule has 450 valence electrons. The largest absolute Gasteiger partial charge is 1.00 e. The quantitative estimate of drug-likeness (QED) is 0.0220. The first-order chi connectivity index (χ1) is 37.0. The van der Waals surface area contributed by atoms with E-state index in [0.717, 1.165) is 24.0 Å². The Balaban J connectivity index is 0.00000841. The Kier molecular flexibility index (Phi) is 19.5. The topological polar surface area (TPSA) is 375 Å². The SMILES string of the molecule is C=C(C)CCC[C@]1(C)OC(=O)[C@]23CC[C@H]4C(=CC[C@H]5C(C)(C)[C@@H](O[C@@H]6OC[C@@H](OS(=O)(=O)[O-])[C@H](O)[C@H]6O[C@@H]6O[C@H](CO)[C@@H](O[C@@H]7OC[C@@H](O)[C@H](O[C@@H]8O[C@H](CO)[C@@H](O)[C@H](OC)[C@H]8O)[C@H]7O)[C@H](O)[C@H]6O)CC[C@]45C)[C@]2(C)CC(=O)[C@@H]31.[Na+]. The summed E-state index contributed by atoms with van der Waals surface area (Å²) >= 11 is 0. The first kappa shape index (κ1) is 64.8. The average molecular weight is 1170 g/mol. The van der Waals surface area contributed by atoms with E-state index in [-0.39, 0.29) is 65.0 Å². The van der Waals surface area contributed by atoms with Gasteiger partial charge in [-0.3, -0.25) is 13.8 Å². The van der Waals surface area contributed by atoms with Crippen LogP contribution in [0.5, 0.6) is 0 Å². The monoisotopic (exact) mass is 1170 g/mol. The molecule has 80 heavy (non-hydrogen) atoms. The van der Waals surface area contributed by atoms with Gasteiger partial charge in [0.15, 0.2) is 25.2 Å². The second-order valence-electron chi connectivity index (χ2n) is 24.8. The molecule has 26 atom stereocenters. The third kappa shape index (κ3) is 11.2. The van der Waals surface area contributed by atoms with Crippen LogP contribution in [-0.2, 0) is 71.5 Å². The molecule has 5 heterocycles. The fraction of sp³-hybridized carbons (Fsp3) is 0.887. The molecule has 0 radical (unpaired) electrons. The van der Waals surface area contributed by atoms with Crippen LogP contribution in [0, 0.1) is 39.4 Å². The van der Waals surface area contributed by atoms with Crippen molar-refractivity contribution in [3.8, 4) is 0 Å². The number of ketones is 1. The zero-order valence-electron chi connectivity index (χ0n) is 46.6. The van der Waals surface area contributed by atoms with Gasteiger partial charge in [-0.25, -0.2) is 8.42 Å². The normalized spacial score (nSPS) is 49.1. The second-order valence-corrected chi connectivity index (χ2v) is 25.8. The predicted molar refractivity (Wildman–Crippen MR) is 265 cm³/mol. The Morgan fingerprint density at radius 3 is 2.04 bits per heavy atom. The maximum absolute atomic E-state index is 14.4. The third-order valence-electron chi connectivity index (χ3n) is 19.7. The molecule has 9 N–H and O–H groups in total. The van der Waals surface area contributed by atoms with E-state index in [9.17, 15) is 68.5 Å². The molecule has 4 aliphatic carbocycles. The van der Waals surface area contributed by atoms with Gasteiger partial charge in [0.25, 0.3) is 0 Å². The fourth-order valence-electron chi connectivity index (χ4n) is 15.8. The number of hydrogen-bond donors (Lipinski definition) is 9. The number of cyclic esters (lactones) is 1. The number of aliphatic hydroxyl groups is 9. The minimum absolute atomic E-state index is 0. The summed E-state index contributed by atoms with van der Waals surface area (Å²) in [4.78, 5) is 28.7. The first-order valence-electron chi connectivity index (χ1n) is 27.4. The summed E-state index contributed by atoms with van der Waals surface area (Å²) in [6.45, 7) is 13.5. The van der Waals surface area contributed by atoms with E-state index >= 15 is 0 Å². The van der Waals surface area contributed by atoms with E-state index in [1.165, 1.54) is 7.11 Å². The van der Waals surface area contributed by atoms with Gasteiger partial charge in [0.05, 0.1) is 43.9 Å². The number of methoxy groups -OCH3 is 1. The van der Waals surface area contributed by atoms with Crippen LogP contribution >= 0.6 is 0 Å². The summed E-state index contributed by atoms with van der Waals surface area (Å²) in [6, 6.07) is 0. The van der Waals surface area contributed by atoms with Crippen molar-refractivity contribution in [3.63, 3.8) is 0 Å². The maximum Gasteiger partial charge on any atom is 1.00 e. The van der Waals surface area contributed by atoms with Gasteiger partial charge in [-0.2, -0.15) is 0 Å². The number of carbonyl (C=O) groups is 2. The molecule has 0 bridgehead atoms. The van der Waals surface area contributed by atoms with Crippen LogP contribution in [0.1, 0.15) is 99.3 Å². The van der Waals surface area contributed by atoms with E-state index in [1.807, 2.05) is 13.8 Å². The molecule has 9 aliphatic rings. The summed E-state index contributed by atoms with van der Waals surface area (Å²) in [5.74, 6) is -0.845. The molecule has 0 amide bonds. The zero-order valence-corrected chi connectivity index (χ0v) is 49.5. The van der Waals surface area contributed by atoms with Crippen molar-refractivity contribution in [2.45, 2.75) is 222 Å². The minimum Gasteiger partial charge on any atom is -0.726 e. The van der Waals surface area contributed by atoms with Gasteiger partial charge in [0.1, 0.15) is 96.8 Å². The molecule has 25 nitrogen and oxygen atoms in total. The van der Waals surface area contributed by atoms with Crippen molar-refractivity contribution in [1.82, 2.24) is 0 Å². The average Bonchev–Trinajstić information content (AvgIpc) is 2.42. The smallest absolute Gasteiger partial charge is 0.726 e. The molecular formula is C53H81NaO25S. The van der Waals surface area contributed by atoms with Gasteiger partial charge in [0.2, 0.25) is 10.4 Å². The van der Waals surface area contributed by atoms with E-state index in [2.05, 4.69) is 44.5 Å². The number of ether oxygens (including phenoxy) is 10. The van der Waals surface area contributed by atoms with Gasteiger partial charge >= 0.3 is 35.5 Å². The van der Waals surface area contributed by atoms with Crippen molar-refractivity contribution >= 4 is 22.2 Å². The molecule has 5 saturated heterocycles. The number of rotatable bonds is 17. The minimum atomic E-state index is -5.44. The van der Waals surface area contributed by atoms with Crippen molar-refractivity contribution in [2.75, 3.05) is 33.5 Å². The number of hydrogen-bond acceptors (Lipinski definition) is 25. The first-order valence-corrected chi connectivity index (χ1v) is 28.8. The van der Waals surface area contributed by atoms with Crippen molar-refractivity contribution in [3.05, 3.63) is 23.8 Å². The molecular weight excluding hydrogens is 1090 g/mol. The van der Waals surface area contributed by atoms with Crippen LogP contribution in [0.2, 0.25) is 0 Å². The second kappa shape index (κ2) is 24.1. The van der Waals surface area contributed by atoms with Crippen molar-refractivity contribution in [2.24, 2.45) is 39.4 Å². The van der Waals surface area contributed by atoms with Gasteiger partial charge in [-0.05, 0) is 87.9 Å². The standard InChI is InChI=1S/C53H82O25S.Na/c1-23(2)10-9-15-52(7)43-26(56)18-51(6)25-11-12-31-49(3,4)32(14-16-50(31,5)24(25)13-17-53(43,51)48(64)77-52)73-47-42(34(59)30(22-70-47)78-79(65,66)67)76-45-36(61)35(60)40(29(20-55)72-45)75-44-37(62)39(27(57)21-69-44)74-46-38(63)41(68-8)33(58)28(19-54)71-46;/h11,24,27-47,54-55,57-63H,1,9-10,12-22H2,2-8H3,(H,65,66,67);/q;+1/p-1/t24-,27+,28+,29+,30+,31-,32-,33+,34-,35+,36+,37+,38+,39-,40+,41-,42+,43+,44-,45-,46-,47-,50+,51-,52-,53+;/m0./s1.